The number of halogens is 2. The summed E-state index contributed by atoms with van der Waals surface area (Å²) in [6.45, 7) is 0. The molecule has 0 aromatic heterocycles. The van der Waals surface area contributed by atoms with Crippen LogP contribution in [0.15, 0.2) is 18.2 Å². The zero-order valence-corrected chi connectivity index (χ0v) is 10.1. The number of carbonyl (C=O) groups is 2. The molecule has 0 spiro atoms. The number of amides is 1. The number of aliphatic carboxylic acids is 1. The van der Waals surface area contributed by atoms with Crippen LogP contribution in [-0.2, 0) is 4.79 Å². The molecule has 0 radical (unpaired) electrons. The average Bonchev–Trinajstić information content (AvgIpc) is 2.26. The standard InChI is InChI=1S/C12H11ClFNO3/c13-8-3-2-7(6-9(8)14)10(16)15-12(11(17)18)4-1-5-12/h2-3,6H,1,4-5H2,(H,15,16)(H,17,18). The maximum Gasteiger partial charge on any atom is 0.329 e. The second kappa shape index (κ2) is 4.57. The van der Waals surface area contributed by atoms with Crippen LogP contribution in [0, 0.1) is 5.82 Å². The summed E-state index contributed by atoms with van der Waals surface area (Å²) in [4.78, 5) is 22.9. The molecular formula is C12H11ClFNO3. The van der Waals surface area contributed by atoms with Crippen LogP contribution >= 0.6 is 11.6 Å². The van der Waals surface area contributed by atoms with Gasteiger partial charge in [-0.3, -0.25) is 4.79 Å². The molecule has 0 heterocycles. The van der Waals surface area contributed by atoms with Gasteiger partial charge in [0.2, 0.25) is 0 Å². The van der Waals surface area contributed by atoms with E-state index in [1.807, 2.05) is 0 Å². The van der Waals surface area contributed by atoms with E-state index in [4.69, 9.17) is 16.7 Å². The fourth-order valence-electron chi connectivity index (χ4n) is 1.85. The zero-order valence-electron chi connectivity index (χ0n) is 9.37. The highest BCUT2D eigenvalue weighted by atomic mass is 35.5. The minimum Gasteiger partial charge on any atom is -0.480 e. The summed E-state index contributed by atoms with van der Waals surface area (Å²) in [7, 11) is 0. The first kappa shape index (κ1) is 12.8. The van der Waals surface area contributed by atoms with Crippen LogP contribution < -0.4 is 5.32 Å². The van der Waals surface area contributed by atoms with Gasteiger partial charge in [-0.05, 0) is 37.5 Å². The Labute approximate surface area is 108 Å². The van der Waals surface area contributed by atoms with Crippen LogP contribution in [0.25, 0.3) is 0 Å². The second-order valence-electron chi connectivity index (χ2n) is 4.32. The van der Waals surface area contributed by atoms with Crippen molar-refractivity contribution in [2.24, 2.45) is 0 Å². The molecule has 0 aliphatic heterocycles. The van der Waals surface area contributed by atoms with E-state index in [1.54, 1.807) is 0 Å². The third-order valence-corrected chi connectivity index (χ3v) is 3.46. The molecule has 1 fully saturated rings. The second-order valence-corrected chi connectivity index (χ2v) is 4.73. The molecule has 2 N–H and O–H groups in total. The molecule has 0 saturated heterocycles. The molecule has 1 aromatic rings. The summed E-state index contributed by atoms with van der Waals surface area (Å²) >= 11 is 5.51. The Kier molecular flexibility index (Phi) is 3.26. The van der Waals surface area contributed by atoms with Gasteiger partial charge >= 0.3 is 5.97 Å². The van der Waals surface area contributed by atoms with Gasteiger partial charge in [0.15, 0.2) is 0 Å². The molecule has 1 amide bonds. The molecule has 2 rings (SSSR count). The first-order chi connectivity index (χ1) is 8.44. The van der Waals surface area contributed by atoms with Gasteiger partial charge < -0.3 is 10.4 Å². The van der Waals surface area contributed by atoms with Gasteiger partial charge in [0.25, 0.3) is 5.91 Å². The van der Waals surface area contributed by atoms with Crippen molar-refractivity contribution in [2.45, 2.75) is 24.8 Å². The number of carboxylic acids is 1. The molecule has 0 unspecified atom stereocenters. The van der Waals surface area contributed by atoms with E-state index in [0.717, 1.165) is 12.5 Å². The third kappa shape index (κ3) is 2.18. The zero-order chi connectivity index (χ0) is 13.3. The van der Waals surface area contributed by atoms with Crippen LogP contribution in [0.1, 0.15) is 29.6 Å². The Balaban J connectivity index is 2.17. The molecule has 1 aliphatic rings. The van der Waals surface area contributed by atoms with Gasteiger partial charge in [0, 0.05) is 5.56 Å². The summed E-state index contributed by atoms with van der Waals surface area (Å²) in [5, 5.41) is 11.4. The lowest BCUT2D eigenvalue weighted by Crippen LogP contribution is -2.59. The lowest BCUT2D eigenvalue weighted by Gasteiger charge is -2.38. The molecule has 4 nitrogen and oxygen atoms in total. The molecule has 0 bridgehead atoms. The predicted octanol–water partition coefficient (Wildman–Crippen LogP) is 2.22. The highest BCUT2D eigenvalue weighted by Crippen LogP contribution is 2.32. The van der Waals surface area contributed by atoms with Crippen molar-refractivity contribution in [2.75, 3.05) is 0 Å². The van der Waals surface area contributed by atoms with Gasteiger partial charge in [-0.25, -0.2) is 9.18 Å². The number of benzene rings is 1. The van der Waals surface area contributed by atoms with Gasteiger partial charge in [-0.1, -0.05) is 11.6 Å². The minimum atomic E-state index is -1.20. The normalized spacial score (nSPS) is 16.8. The summed E-state index contributed by atoms with van der Waals surface area (Å²) in [6.07, 6.45) is 1.54. The number of nitrogens with one attached hydrogen (secondary N) is 1. The van der Waals surface area contributed by atoms with Crippen LogP contribution in [0.5, 0.6) is 0 Å². The lowest BCUT2D eigenvalue weighted by molar-refractivity contribution is -0.148. The van der Waals surface area contributed by atoms with E-state index in [-0.39, 0.29) is 10.6 Å². The smallest absolute Gasteiger partial charge is 0.329 e. The van der Waals surface area contributed by atoms with Crippen LogP contribution in [0.2, 0.25) is 5.02 Å². The van der Waals surface area contributed by atoms with Crippen molar-refractivity contribution in [1.29, 1.82) is 0 Å². The summed E-state index contributed by atoms with van der Waals surface area (Å²) in [5.74, 6) is -2.37. The Hall–Kier alpha value is -1.62. The van der Waals surface area contributed by atoms with E-state index >= 15 is 0 Å². The average molecular weight is 272 g/mol. The van der Waals surface area contributed by atoms with Crippen molar-refractivity contribution >= 4 is 23.5 Å². The third-order valence-electron chi connectivity index (χ3n) is 3.15. The number of hydrogen-bond donors (Lipinski definition) is 2. The largest absolute Gasteiger partial charge is 0.480 e. The van der Waals surface area contributed by atoms with Gasteiger partial charge in [0.1, 0.15) is 11.4 Å². The number of hydrogen-bond acceptors (Lipinski definition) is 2. The van der Waals surface area contributed by atoms with E-state index in [0.29, 0.717) is 12.8 Å². The first-order valence-electron chi connectivity index (χ1n) is 5.45. The van der Waals surface area contributed by atoms with Crippen molar-refractivity contribution in [3.8, 4) is 0 Å². The number of carboxylic acid groups (broad SMARTS) is 1. The highest BCUT2D eigenvalue weighted by molar-refractivity contribution is 6.30. The number of carbonyl (C=O) groups excluding carboxylic acids is 1. The molecule has 1 saturated carbocycles. The summed E-state index contributed by atoms with van der Waals surface area (Å²) in [5.41, 5.74) is -1.14. The summed E-state index contributed by atoms with van der Waals surface area (Å²) in [6, 6.07) is 3.61. The van der Waals surface area contributed by atoms with Crippen LogP contribution in [-0.4, -0.2) is 22.5 Å². The fraction of sp³-hybridized carbons (Fsp3) is 0.333. The minimum absolute atomic E-state index is 0.0597. The van der Waals surface area contributed by atoms with E-state index < -0.39 is 23.2 Å². The van der Waals surface area contributed by atoms with Crippen molar-refractivity contribution in [3.05, 3.63) is 34.6 Å². The quantitative estimate of drug-likeness (QED) is 0.886. The van der Waals surface area contributed by atoms with Gasteiger partial charge in [0.05, 0.1) is 5.02 Å². The van der Waals surface area contributed by atoms with Gasteiger partial charge in [-0.15, -0.1) is 0 Å². The first-order valence-corrected chi connectivity index (χ1v) is 5.83. The van der Waals surface area contributed by atoms with Crippen molar-refractivity contribution in [3.63, 3.8) is 0 Å². The topological polar surface area (TPSA) is 66.4 Å². The van der Waals surface area contributed by atoms with Crippen LogP contribution in [0.4, 0.5) is 4.39 Å². The molecule has 18 heavy (non-hydrogen) atoms. The maximum atomic E-state index is 13.2. The maximum absolute atomic E-state index is 13.2. The van der Waals surface area contributed by atoms with Crippen molar-refractivity contribution in [1.82, 2.24) is 5.32 Å². The molecule has 96 valence electrons. The molecule has 0 atom stereocenters. The van der Waals surface area contributed by atoms with Gasteiger partial charge in [-0.2, -0.15) is 0 Å². The molecular weight excluding hydrogens is 261 g/mol. The molecule has 1 aromatic carbocycles. The predicted molar refractivity (Wildman–Crippen MR) is 63.1 cm³/mol. The van der Waals surface area contributed by atoms with Crippen LogP contribution in [0.3, 0.4) is 0 Å². The Bertz CT molecular complexity index is 514. The van der Waals surface area contributed by atoms with Crippen molar-refractivity contribution < 1.29 is 19.1 Å². The lowest BCUT2D eigenvalue weighted by atomic mass is 9.76. The van der Waals surface area contributed by atoms with E-state index in [1.165, 1.54) is 12.1 Å². The van der Waals surface area contributed by atoms with E-state index in [9.17, 15) is 14.0 Å². The highest BCUT2D eigenvalue weighted by Gasteiger charge is 2.45. The Morgan fingerprint density at radius 3 is 2.50 bits per heavy atom. The fourth-order valence-corrected chi connectivity index (χ4v) is 1.97. The molecule has 6 heteroatoms. The monoisotopic (exact) mass is 271 g/mol. The Morgan fingerprint density at radius 2 is 2.06 bits per heavy atom. The SMILES string of the molecule is O=C(NC1(C(=O)O)CCC1)c1ccc(Cl)c(F)c1. The summed E-state index contributed by atoms with van der Waals surface area (Å²) < 4.78 is 13.2. The number of rotatable bonds is 3. The van der Waals surface area contributed by atoms with E-state index in [2.05, 4.69) is 5.32 Å². The molecule has 1 aliphatic carbocycles. The Morgan fingerprint density at radius 1 is 1.39 bits per heavy atom.